The molecule has 6 heteroatoms. The lowest BCUT2D eigenvalue weighted by atomic mass is 9.77. The fourth-order valence-corrected chi connectivity index (χ4v) is 3.96. The second-order valence-electron chi connectivity index (χ2n) is 6.16. The molecule has 0 aromatic carbocycles. The summed E-state index contributed by atoms with van der Waals surface area (Å²) in [4.78, 5) is 30.1. The highest BCUT2D eigenvalue weighted by atomic mass is 16.5. The average Bonchev–Trinajstić information content (AvgIpc) is 3.15. The Balaban J connectivity index is 1.68. The molecule has 1 N–H and O–H groups in total. The molecule has 6 nitrogen and oxygen atoms in total. The Morgan fingerprint density at radius 2 is 2.23 bits per heavy atom. The van der Waals surface area contributed by atoms with E-state index in [1.807, 2.05) is 25.1 Å². The molecule has 2 saturated heterocycles. The molecule has 3 aliphatic rings. The number of carboxylic acids is 1. The van der Waals surface area contributed by atoms with Gasteiger partial charge in [-0.05, 0) is 24.6 Å². The van der Waals surface area contributed by atoms with Crippen LogP contribution < -0.4 is 0 Å². The van der Waals surface area contributed by atoms with Crippen LogP contribution in [0.5, 0.6) is 0 Å². The van der Waals surface area contributed by atoms with Crippen LogP contribution in [0.2, 0.25) is 0 Å². The SMILES string of the molecule is C[C@@H](c1ccncc1)N1C[C@@]23C=C[C@@H](O2)[C@H](C(=O)O)[C@H]3C1=O. The number of carbonyl (C=O) groups is 2. The first-order valence-corrected chi connectivity index (χ1v) is 7.34. The number of hydrogen-bond donors (Lipinski definition) is 1. The predicted octanol–water partition coefficient (Wildman–Crippen LogP) is 1.01. The summed E-state index contributed by atoms with van der Waals surface area (Å²) in [6.45, 7) is 2.34. The van der Waals surface area contributed by atoms with E-state index in [1.165, 1.54) is 0 Å². The molecule has 4 heterocycles. The number of aliphatic carboxylic acids is 1. The summed E-state index contributed by atoms with van der Waals surface area (Å²) < 4.78 is 5.88. The van der Waals surface area contributed by atoms with Crippen LogP contribution in [0.3, 0.4) is 0 Å². The van der Waals surface area contributed by atoms with E-state index in [0.717, 1.165) is 5.56 Å². The molecule has 3 aliphatic heterocycles. The third-order valence-electron chi connectivity index (χ3n) is 5.07. The smallest absolute Gasteiger partial charge is 0.310 e. The highest BCUT2D eigenvalue weighted by molar-refractivity contribution is 5.91. The zero-order chi connectivity index (χ0) is 15.5. The molecule has 1 aromatic heterocycles. The van der Waals surface area contributed by atoms with Crippen LogP contribution in [0.15, 0.2) is 36.7 Å². The minimum atomic E-state index is -0.965. The molecule has 22 heavy (non-hydrogen) atoms. The maximum atomic E-state index is 12.8. The minimum absolute atomic E-state index is 0.136. The Labute approximate surface area is 127 Å². The van der Waals surface area contributed by atoms with Crippen molar-refractivity contribution in [1.29, 1.82) is 0 Å². The minimum Gasteiger partial charge on any atom is -0.481 e. The third kappa shape index (κ3) is 1.61. The standard InChI is InChI=1S/C16H16N2O4/c1-9(10-3-6-17-7-4-10)18-8-16-5-2-11(22-16)12(15(20)21)13(16)14(18)19/h2-7,9,11-13H,8H2,1H3,(H,20,21)/t9-,11+,12-,13-,16+/m0/s1. The van der Waals surface area contributed by atoms with Gasteiger partial charge in [0.25, 0.3) is 0 Å². The molecule has 0 radical (unpaired) electrons. The second kappa shape index (κ2) is 4.39. The predicted molar refractivity (Wildman–Crippen MR) is 75.7 cm³/mol. The van der Waals surface area contributed by atoms with E-state index in [0.29, 0.717) is 6.54 Å². The van der Waals surface area contributed by atoms with E-state index >= 15 is 0 Å². The van der Waals surface area contributed by atoms with Crippen molar-refractivity contribution in [1.82, 2.24) is 9.88 Å². The summed E-state index contributed by atoms with van der Waals surface area (Å²) in [5, 5.41) is 9.45. The molecule has 1 amide bonds. The first kappa shape index (κ1) is 13.5. The molecule has 0 unspecified atom stereocenters. The van der Waals surface area contributed by atoms with Crippen LogP contribution in [0, 0.1) is 11.8 Å². The summed E-state index contributed by atoms with van der Waals surface area (Å²) in [7, 11) is 0. The van der Waals surface area contributed by atoms with Crippen molar-refractivity contribution in [3.63, 3.8) is 0 Å². The van der Waals surface area contributed by atoms with Gasteiger partial charge in [-0.1, -0.05) is 12.2 Å². The van der Waals surface area contributed by atoms with Crippen LogP contribution in [0.25, 0.3) is 0 Å². The van der Waals surface area contributed by atoms with E-state index in [-0.39, 0.29) is 11.9 Å². The van der Waals surface area contributed by atoms with E-state index < -0.39 is 29.5 Å². The monoisotopic (exact) mass is 300 g/mol. The number of nitrogens with zero attached hydrogens (tertiary/aromatic N) is 2. The number of carboxylic acid groups (broad SMARTS) is 1. The molecular formula is C16H16N2O4. The zero-order valence-corrected chi connectivity index (χ0v) is 12.0. The number of rotatable bonds is 3. The molecule has 0 aliphatic carbocycles. The molecule has 0 saturated carbocycles. The molecule has 5 atom stereocenters. The van der Waals surface area contributed by atoms with E-state index in [9.17, 15) is 14.7 Å². The third-order valence-corrected chi connectivity index (χ3v) is 5.07. The van der Waals surface area contributed by atoms with Crippen molar-refractivity contribution in [2.75, 3.05) is 6.54 Å². The molecule has 2 bridgehead atoms. The van der Waals surface area contributed by atoms with Crippen molar-refractivity contribution in [3.8, 4) is 0 Å². The first-order valence-electron chi connectivity index (χ1n) is 7.34. The van der Waals surface area contributed by atoms with Gasteiger partial charge in [0, 0.05) is 12.4 Å². The number of pyridine rings is 1. The van der Waals surface area contributed by atoms with Crippen molar-refractivity contribution in [2.45, 2.75) is 24.7 Å². The molecule has 114 valence electrons. The quantitative estimate of drug-likeness (QED) is 0.843. The van der Waals surface area contributed by atoms with Crippen molar-refractivity contribution >= 4 is 11.9 Å². The van der Waals surface area contributed by atoms with Gasteiger partial charge in [-0.15, -0.1) is 0 Å². The van der Waals surface area contributed by atoms with Gasteiger partial charge in [0.15, 0.2) is 0 Å². The number of ether oxygens (including phenoxy) is 1. The van der Waals surface area contributed by atoms with Gasteiger partial charge in [-0.2, -0.15) is 0 Å². The van der Waals surface area contributed by atoms with Gasteiger partial charge < -0.3 is 14.7 Å². The molecular weight excluding hydrogens is 284 g/mol. The average molecular weight is 300 g/mol. The fourth-order valence-electron chi connectivity index (χ4n) is 3.96. The number of hydrogen-bond acceptors (Lipinski definition) is 4. The first-order chi connectivity index (χ1) is 10.5. The van der Waals surface area contributed by atoms with Crippen molar-refractivity contribution < 1.29 is 19.4 Å². The molecule has 1 spiro atoms. The lowest BCUT2D eigenvalue weighted by molar-refractivity contribution is -0.148. The van der Waals surface area contributed by atoms with Crippen LogP contribution in [0.4, 0.5) is 0 Å². The fraction of sp³-hybridized carbons (Fsp3) is 0.438. The van der Waals surface area contributed by atoms with Crippen LogP contribution in [0.1, 0.15) is 18.5 Å². The van der Waals surface area contributed by atoms with Gasteiger partial charge in [0.05, 0.1) is 24.6 Å². The van der Waals surface area contributed by atoms with Gasteiger partial charge in [-0.25, -0.2) is 0 Å². The van der Waals surface area contributed by atoms with Gasteiger partial charge in [0.1, 0.15) is 11.5 Å². The summed E-state index contributed by atoms with van der Waals surface area (Å²) in [6.07, 6.45) is 6.55. The van der Waals surface area contributed by atoms with Crippen LogP contribution in [-0.2, 0) is 14.3 Å². The number of carbonyl (C=O) groups excluding carboxylic acids is 1. The topological polar surface area (TPSA) is 79.7 Å². The van der Waals surface area contributed by atoms with Crippen LogP contribution >= 0.6 is 0 Å². The Hall–Kier alpha value is -2.21. The van der Waals surface area contributed by atoms with Crippen LogP contribution in [-0.4, -0.2) is 45.1 Å². The van der Waals surface area contributed by atoms with Crippen molar-refractivity contribution in [3.05, 3.63) is 42.2 Å². The second-order valence-corrected chi connectivity index (χ2v) is 6.16. The maximum absolute atomic E-state index is 12.8. The van der Waals surface area contributed by atoms with Gasteiger partial charge >= 0.3 is 5.97 Å². The normalized spacial score (nSPS) is 36.7. The summed E-state index contributed by atoms with van der Waals surface area (Å²) in [5.74, 6) is -2.51. The number of aromatic nitrogens is 1. The Bertz CT molecular complexity index is 674. The summed E-state index contributed by atoms with van der Waals surface area (Å²) in [5.41, 5.74) is 0.205. The zero-order valence-electron chi connectivity index (χ0n) is 12.0. The van der Waals surface area contributed by atoms with E-state index in [4.69, 9.17) is 4.74 Å². The molecule has 2 fully saturated rings. The van der Waals surface area contributed by atoms with E-state index in [2.05, 4.69) is 4.98 Å². The highest BCUT2D eigenvalue weighted by Crippen LogP contribution is 2.53. The lowest BCUT2D eigenvalue weighted by Crippen LogP contribution is -2.39. The number of likely N-dealkylation sites (tertiary alicyclic amines) is 1. The Kier molecular flexibility index (Phi) is 2.69. The number of amides is 1. The summed E-state index contributed by atoms with van der Waals surface area (Å²) >= 11 is 0. The summed E-state index contributed by atoms with van der Waals surface area (Å²) in [6, 6.07) is 3.60. The largest absolute Gasteiger partial charge is 0.481 e. The Morgan fingerprint density at radius 3 is 2.91 bits per heavy atom. The number of fused-ring (bicyclic) bond motifs is 1. The highest BCUT2D eigenvalue weighted by Gasteiger charge is 2.67. The maximum Gasteiger partial charge on any atom is 0.310 e. The van der Waals surface area contributed by atoms with E-state index in [1.54, 1.807) is 23.4 Å². The van der Waals surface area contributed by atoms with Crippen molar-refractivity contribution in [2.24, 2.45) is 11.8 Å². The Morgan fingerprint density at radius 1 is 1.50 bits per heavy atom. The van der Waals surface area contributed by atoms with Gasteiger partial charge in [0.2, 0.25) is 5.91 Å². The van der Waals surface area contributed by atoms with Gasteiger partial charge in [-0.3, -0.25) is 14.6 Å². The lowest BCUT2D eigenvalue weighted by Gasteiger charge is -2.27. The molecule has 4 rings (SSSR count). The molecule has 1 aromatic rings.